The first-order valence-electron chi connectivity index (χ1n) is 25.5. The molecule has 2 N–H and O–H groups in total. The molecule has 0 spiro atoms. The van der Waals surface area contributed by atoms with E-state index in [0.717, 1.165) is 35.6 Å². The molecule has 0 atom stereocenters. The number of rotatable bonds is 25. The van der Waals surface area contributed by atoms with Gasteiger partial charge in [0.05, 0.1) is 5.56 Å². The molecule has 371 valence electrons. The van der Waals surface area contributed by atoms with Crippen LogP contribution in [0.5, 0.6) is 0 Å². The average Bonchev–Trinajstić information content (AvgIpc) is 3.37. The molecule has 0 amide bonds. The minimum absolute atomic E-state index is 0. The molecule has 68 heavy (non-hydrogen) atoms. The van der Waals surface area contributed by atoms with E-state index >= 15 is 0 Å². The van der Waals surface area contributed by atoms with Crippen LogP contribution in [0.3, 0.4) is 0 Å². The number of benzene rings is 2. The predicted octanol–water partition coefficient (Wildman–Crippen LogP) is 16.4. The van der Waals surface area contributed by atoms with E-state index in [1.807, 2.05) is 67.8 Å². The fourth-order valence-corrected chi connectivity index (χ4v) is 6.90. The quantitative estimate of drug-likeness (QED) is 0.0435. The number of carbonyl (C=O) groups is 1. The van der Waals surface area contributed by atoms with Crippen LogP contribution in [-0.2, 0) is 33.1 Å². The van der Waals surface area contributed by atoms with Crippen LogP contribution in [0.25, 0.3) is 22.5 Å². The number of carboxylic acids is 1. The fraction of sp³-hybridized carbons (Fsp3) is 0.450. The van der Waals surface area contributed by atoms with Crippen LogP contribution in [0, 0.1) is 19.1 Å². The Morgan fingerprint density at radius 1 is 0.515 bits per heavy atom. The molecule has 6 rings (SSSR count). The normalized spacial score (nSPS) is 10.0. The molecule has 6 aromatic rings. The van der Waals surface area contributed by atoms with Crippen molar-refractivity contribution >= 4 is 5.97 Å². The summed E-state index contributed by atoms with van der Waals surface area (Å²) in [7, 11) is 0. The number of aromatic nitrogens is 4. The van der Waals surface area contributed by atoms with Gasteiger partial charge in [-0.15, -0.1) is 70.8 Å². The van der Waals surface area contributed by atoms with Gasteiger partial charge in [0.2, 0.25) is 0 Å². The predicted molar refractivity (Wildman–Crippen MR) is 283 cm³/mol. The first-order valence-corrected chi connectivity index (χ1v) is 25.5. The van der Waals surface area contributed by atoms with E-state index in [9.17, 15) is 4.79 Å². The van der Waals surface area contributed by atoms with Crippen molar-refractivity contribution < 1.29 is 30.0 Å². The minimum atomic E-state index is -0.919. The minimum Gasteiger partial charge on any atom is -0.478 e. The molecule has 4 aromatic heterocycles. The summed E-state index contributed by atoms with van der Waals surface area (Å²) in [4.78, 5) is 26.4. The molecule has 8 heteroatoms. The van der Waals surface area contributed by atoms with E-state index < -0.39 is 5.97 Å². The van der Waals surface area contributed by atoms with Gasteiger partial charge in [0.15, 0.2) is 0 Å². The van der Waals surface area contributed by atoms with Crippen molar-refractivity contribution in [2.24, 2.45) is 0 Å². The van der Waals surface area contributed by atoms with Crippen LogP contribution >= 0.6 is 0 Å². The first kappa shape index (κ1) is 61.1. The number of nitrogens with zero attached hydrogens (tertiary/aromatic N) is 4. The molecule has 0 aliphatic rings. The molecule has 0 unspecified atom stereocenters. The molecule has 0 fully saturated rings. The van der Waals surface area contributed by atoms with Gasteiger partial charge in [0, 0.05) is 57.3 Å². The molecule has 0 bridgehead atoms. The number of carboxylic acid groups (broad SMARTS) is 1. The van der Waals surface area contributed by atoms with E-state index in [-0.39, 0.29) is 25.7 Å². The molecule has 0 saturated heterocycles. The topological polar surface area (TPSA) is 101 Å². The van der Waals surface area contributed by atoms with Crippen molar-refractivity contribution in [1.82, 2.24) is 25.3 Å². The SMILES string of the molecule is CCC.CCCCCCCCCCCCc1c[c-]c(-c2ccccn2)cc1.CCCCCCCCCCNCc1c[c-]c(-c2ccccn2)cc1.Cc1ccncc1.O=C(O)c1ccncc1.[Ir]. The number of pyridine rings is 4. The number of aromatic carboxylic acids is 1. The summed E-state index contributed by atoms with van der Waals surface area (Å²) >= 11 is 0. The van der Waals surface area contributed by atoms with Crippen molar-refractivity contribution in [2.45, 2.75) is 170 Å². The maximum Gasteiger partial charge on any atom is 0.335 e. The van der Waals surface area contributed by atoms with Crippen LogP contribution in [0.2, 0.25) is 0 Å². The third-order valence-corrected chi connectivity index (χ3v) is 10.8. The largest absolute Gasteiger partial charge is 0.478 e. The van der Waals surface area contributed by atoms with E-state index in [0.29, 0.717) is 0 Å². The summed E-state index contributed by atoms with van der Waals surface area (Å²) in [5, 5.41) is 11.9. The average molecular weight is 1100 g/mol. The van der Waals surface area contributed by atoms with Crippen molar-refractivity contribution in [3.63, 3.8) is 0 Å². The Kier molecular flexibility index (Phi) is 39.0. The Balaban J connectivity index is 0.000000488. The van der Waals surface area contributed by atoms with Gasteiger partial charge in [-0.3, -0.25) is 9.97 Å². The van der Waals surface area contributed by atoms with Gasteiger partial charge in [0.1, 0.15) is 0 Å². The van der Waals surface area contributed by atoms with Crippen molar-refractivity contribution in [3.8, 4) is 22.5 Å². The Bertz CT molecular complexity index is 1880. The fourth-order valence-electron chi connectivity index (χ4n) is 6.90. The Labute approximate surface area is 426 Å². The molecular weight excluding hydrogens is 1010 g/mol. The molecule has 0 aliphatic carbocycles. The molecule has 7 nitrogen and oxygen atoms in total. The van der Waals surface area contributed by atoms with Crippen molar-refractivity contribution in [1.29, 1.82) is 0 Å². The summed E-state index contributed by atoms with van der Waals surface area (Å²) in [6.45, 7) is 12.9. The molecule has 0 aliphatic heterocycles. The second-order valence-electron chi connectivity index (χ2n) is 17.0. The zero-order valence-corrected chi connectivity index (χ0v) is 44.6. The van der Waals surface area contributed by atoms with Crippen LogP contribution in [0.1, 0.15) is 177 Å². The third kappa shape index (κ3) is 32.0. The molecule has 4 heterocycles. The summed E-state index contributed by atoms with van der Waals surface area (Å²) in [5.74, 6) is -0.919. The van der Waals surface area contributed by atoms with Gasteiger partial charge < -0.3 is 20.4 Å². The van der Waals surface area contributed by atoms with E-state index in [2.05, 4.69) is 101 Å². The van der Waals surface area contributed by atoms with Gasteiger partial charge in [-0.1, -0.05) is 174 Å². The number of nitrogens with one attached hydrogen (secondary N) is 1. The Morgan fingerprint density at radius 3 is 1.31 bits per heavy atom. The van der Waals surface area contributed by atoms with Crippen molar-refractivity contribution in [2.75, 3.05) is 6.54 Å². The summed E-state index contributed by atoms with van der Waals surface area (Å²) in [5.41, 5.74) is 8.34. The summed E-state index contributed by atoms with van der Waals surface area (Å²) in [6.07, 6.45) is 37.5. The second-order valence-corrected chi connectivity index (χ2v) is 17.0. The standard InChI is InChI=1S/C23H32N.C22H31N2.C6H5NO2.C6H7N.C3H8.Ir/c1-2-3-4-5-6-7-8-9-10-11-14-21-16-18-22(19-17-21)23-15-12-13-20-24-23;1-2-3-4-5-6-7-8-10-17-23-19-20-13-15-21(16-14-20)22-12-9-11-18-24-22;8-6(9)5-1-3-7-4-2-5;1-6-2-4-7-5-3-6;1-3-2;/h12-13,15-18,20H,2-11,14H2,1H3;9,11-15,18,23H,2-8,10,17,19H2,1H3;1-4H,(H,8,9);2-5H,1H3;3H2,1-2H3;/q2*-1;;;;. The third-order valence-electron chi connectivity index (χ3n) is 10.8. The van der Waals surface area contributed by atoms with E-state index in [1.165, 1.54) is 170 Å². The molecular formula is C60H83IrN5O2-2. The zero-order valence-electron chi connectivity index (χ0n) is 42.2. The van der Waals surface area contributed by atoms with E-state index in [4.69, 9.17) is 5.11 Å². The maximum absolute atomic E-state index is 10.2. The smallest absolute Gasteiger partial charge is 0.335 e. The number of hydrogen-bond acceptors (Lipinski definition) is 6. The maximum atomic E-state index is 10.2. The van der Waals surface area contributed by atoms with Gasteiger partial charge in [-0.05, 0) is 79.8 Å². The van der Waals surface area contributed by atoms with Gasteiger partial charge in [-0.2, -0.15) is 0 Å². The Morgan fingerprint density at radius 2 is 0.941 bits per heavy atom. The van der Waals surface area contributed by atoms with Crippen LogP contribution in [0.15, 0.2) is 134 Å². The van der Waals surface area contributed by atoms with Gasteiger partial charge in [0.25, 0.3) is 0 Å². The number of unbranched alkanes of at least 4 members (excludes halogenated alkanes) is 16. The first-order chi connectivity index (χ1) is 32.9. The number of hydrogen-bond donors (Lipinski definition) is 2. The summed E-state index contributed by atoms with van der Waals surface area (Å²) in [6, 6.07) is 38.4. The van der Waals surface area contributed by atoms with E-state index in [1.54, 1.807) is 12.4 Å². The monoisotopic (exact) mass is 1100 g/mol. The van der Waals surface area contributed by atoms with Crippen LogP contribution in [0.4, 0.5) is 0 Å². The van der Waals surface area contributed by atoms with Crippen molar-refractivity contribution in [3.05, 3.63) is 169 Å². The van der Waals surface area contributed by atoms with Crippen LogP contribution < -0.4 is 5.32 Å². The van der Waals surface area contributed by atoms with Gasteiger partial charge >= 0.3 is 5.97 Å². The van der Waals surface area contributed by atoms with Crippen LogP contribution in [-0.4, -0.2) is 37.6 Å². The molecule has 0 saturated carbocycles. The number of aryl methyl sites for hydroxylation is 2. The van der Waals surface area contributed by atoms with Gasteiger partial charge in [-0.25, -0.2) is 4.79 Å². The second kappa shape index (κ2) is 43.4. The zero-order chi connectivity index (χ0) is 48.3. The molecule has 2 aromatic carbocycles. The Hall–Kier alpha value is -4.88. The summed E-state index contributed by atoms with van der Waals surface area (Å²) < 4.78 is 0. The molecule has 1 radical (unpaired) electrons.